The van der Waals surface area contributed by atoms with Crippen LogP contribution < -0.4 is 16.0 Å². The number of hydrogen-bond acceptors (Lipinski definition) is 2. The maximum absolute atomic E-state index is 12.0. The van der Waals surface area contributed by atoms with Crippen molar-refractivity contribution in [2.75, 3.05) is 18.4 Å². The van der Waals surface area contributed by atoms with E-state index in [1.807, 2.05) is 24.4 Å². The molecule has 4 N–H and O–H groups in total. The zero-order valence-corrected chi connectivity index (χ0v) is 14.9. The normalized spacial score (nSPS) is 10.4. The summed E-state index contributed by atoms with van der Waals surface area (Å²) in [6.07, 6.45) is 4.33. The van der Waals surface area contributed by atoms with Crippen LogP contribution in [0.25, 0.3) is 10.9 Å². The monoisotopic (exact) mass is 362 g/mol. The smallest absolute Gasteiger partial charge is 0.319 e. The summed E-state index contributed by atoms with van der Waals surface area (Å²) in [5.74, 6) is -0.176. The molecule has 0 radical (unpaired) electrons. The van der Waals surface area contributed by atoms with Crippen LogP contribution >= 0.6 is 0 Å². The molecule has 0 fully saturated rings. The van der Waals surface area contributed by atoms with Crippen molar-refractivity contribution in [3.63, 3.8) is 0 Å². The number of amides is 3. The van der Waals surface area contributed by atoms with Gasteiger partial charge in [0.25, 0.3) is 5.91 Å². The van der Waals surface area contributed by atoms with Crippen molar-refractivity contribution in [1.29, 1.82) is 0 Å². The van der Waals surface area contributed by atoms with Gasteiger partial charge in [0.05, 0.1) is 0 Å². The van der Waals surface area contributed by atoms with Crippen LogP contribution in [0.4, 0.5) is 10.5 Å². The fourth-order valence-corrected chi connectivity index (χ4v) is 2.80. The van der Waals surface area contributed by atoms with E-state index in [1.165, 1.54) is 10.9 Å². The first kappa shape index (κ1) is 18.3. The number of urea groups is 1. The van der Waals surface area contributed by atoms with Crippen LogP contribution in [0, 0.1) is 0 Å². The van der Waals surface area contributed by atoms with Crippen molar-refractivity contribution in [3.8, 4) is 0 Å². The van der Waals surface area contributed by atoms with Crippen molar-refractivity contribution >= 4 is 28.5 Å². The first-order valence-electron chi connectivity index (χ1n) is 8.76. The number of H-pyrrole nitrogens is 1. The Morgan fingerprint density at radius 1 is 1.04 bits per heavy atom. The number of rotatable bonds is 7. The Bertz CT molecular complexity index is 944. The van der Waals surface area contributed by atoms with Crippen LogP contribution in [0.3, 0.4) is 0 Å². The second-order valence-electron chi connectivity index (χ2n) is 6.07. The third kappa shape index (κ3) is 4.76. The summed E-state index contributed by atoms with van der Waals surface area (Å²) in [5, 5.41) is 9.48. The Morgan fingerprint density at radius 3 is 2.59 bits per heavy atom. The number of para-hydroxylation sites is 1. The minimum absolute atomic E-state index is 0.176. The van der Waals surface area contributed by atoms with Gasteiger partial charge in [-0.1, -0.05) is 24.3 Å². The second kappa shape index (κ2) is 8.71. The molecular formula is C21H22N4O2. The van der Waals surface area contributed by atoms with Crippen molar-refractivity contribution in [3.05, 3.63) is 78.5 Å². The lowest BCUT2D eigenvalue weighted by atomic mass is 10.1. The third-order valence-corrected chi connectivity index (χ3v) is 4.17. The van der Waals surface area contributed by atoms with Crippen molar-refractivity contribution in [2.24, 2.45) is 0 Å². The Kier molecular flexibility index (Phi) is 5.89. The van der Waals surface area contributed by atoms with E-state index in [1.54, 1.807) is 30.3 Å². The number of benzene rings is 2. The van der Waals surface area contributed by atoms with Gasteiger partial charge in [-0.25, -0.2) is 4.79 Å². The summed E-state index contributed by atoms with van der Waals surface area (Å²) in [7, 11) is 0. The van der Waals surface area contributed by atoms with E-state index >= 15 is 0 Å². The van der Waals surface area contributed by atoms with E-state index in [0.717, 1.165) is 11.9 Å². The van der Waals surface area contributed by atoms with E-state index in [-0.39, 0.29) is 11.9 Å². The van der Waals surface area contributed by atoms with Gasteiger partial charge in [-0.2, -0.15) is 0 Å². The molecular weight excluding hydrogens is 340 g/mol. The molecule has 0 bridgehead atoms. The average molecular weight is 362 g/mol. The molecule has 0 saturated carbocycles. The molecule has 3 aromatic rings. The number of fused-ring (bicyclic) bond motifs is 1. The zero-order valence-electron chi connectivity index (χ0n) is 14.9. The van der Waals surface area contributed by atoms with E-state index in [0.29, 0.717) is 24.3 Å². The molecule has 6 nitrogen and oxygen atoms in total. The van der Waals surface area contributed by atoms with Crippen LogP contribution in [0.15, 0.2) is 67.4 Å². The molecule has 0 atom stereocenters. The number of carbonyl (C=O) groups is 2. The van der Waals surface area contributed by atoms with Gasteiger partial charge in [-0.3, -0.25) is 4.79 Å². The van der Waals surface area contributed by atoms with Crippen LogP contribution in [0.1, 0.15) is 15.9 Å². The SMILES string of the molecule is C=CCNC(=O)c1ccc(NC(=O)NCCc2c[nH]c3ccccc23)cc1. The van der Waals surface area contributed by atoms with Gasteiger partial charge < -0.3 is 20.9 Å². The van der Waals surface area contributed by atoms with Gasteiger partial charge >= 0.3 is 6.03 Å². The lowest BCUT2D eigenvalue weighted by molar-refractivity contribution is 0.0958. The first-order valence-corrected chi connectivity index (χ1v) is 8.76. The highest BCUT2D eigenvalue weighted by molar-refractivity contribution is 5.95. The molecule has 6 heteroatoms. The topological polar surface area (TPSA) is 86.0 Å². The third-order valence-electron chi connectivity index (χ3n) is 4.17. The minimum atomic E-state index is -0.279. The molecule has 27 heavy (non-hydrogen) atoms. The molecule has 1 aromatic heterocycles. The van der Waals surface area contributed by atoms with Gasteiger partial charge in [0, 0.05) is 41.4 Å². The van der Waals surface area contributed by atoms with Gasteiger partial charge in [-0.15, -0.1) is 6.58 Å². The molecule has 0 saturated heterocycles. The van der Waals surface area contributed by atoms with Crippen LogP contribution in [-0.4, -0.2) is 30.0 Å². The number of nitrogens with one attached hydrogen (secondary N) is 4. The first-order chi connectivity index (χ1) is 13.2. The van der Waals surface area contributed by atoms with Crippen molar-refractivity contribution in [2.45, 2.75) is 6.42 Å². The lowest BCUT2D eigenvalue weighted by Crippen LogP contribution is -2.30. The molecule has 0 unspecified atom stereocenters. The molecule has 3 amide bonds. The quantitative estimate of drug-likeness (QED) is 0.485. The standard InChI is InChI=1S/C21H22N4O2/c1-2-12-22-20(26)15-7-9-17(10-8-15)25-21(27)23-13-11-16-14-24-19-6-4-3-5-18(16)19/h2-10,14,24H,1,11-13H2,(H,22,26)(H2,23,25,27). The van der Waals surface area contributed by atoms with Gasteiger partial charge in [0.1, 0.15) is 0 Å². The van der Waals surface area contributed by atoms with Gasteiger partial charge in [-0.05, 0) is 42.3 Å². The Balaban J connectivity index is 1.47. The van der Waals surface area contributed by atoms with Gasteiger partial charge in [0.2, 0.25) is 0 Å². The lowest BCUT2D eigenvalue weighted by Gasteiger charge is -2.08. The highest BCUT2D eigenvalue weighted by Gasteiger charge is 2.07. The van der Waals surface area contributed by atoms with E-state index in [9.17, 15) is 9.59 Å². The number of hydrogen-bond donors (Lipinski definition) is 4. The molecule has 0 aliphatic heterocycles. The fourth-order valence-electron chi connectivity index (χ4n) is 2.80. The van der Waals surface area contributed by atoms with Gasteiger partial charge in [0.15, 0.2) is 0 Å². The maximum Gasteiger partial charge on any atom is 0.319 e. The average Bonchev–Trinajstić information content (AvgIpc) is 3.10. The Labute approximate surface area is 157 Å². The number of anilines is 1. The summed E-state index contributed by atoms with van der Waals surface area (Å²) >= 11 is 0. The zero-order chi connectivity index (χ0) is 19.1. The Hall–Kier alpha value is -3.54. The Morgan fingerprint density at radius 2 is 1.81 bits per heavy atom. The summed E-state index contributed by atoms with van der Waals surface area (Å²) < 4.78 is 0. The van der Waals surface area contributed by atoms with E-state index in [4.69, 9.17) is 0 Å². The summed E-state index contributed by atoms with van der Waals surface area (Å²) in [5.41, 5.74) is 3.41. The molecule has 2 aromatic carbocycles. The molecule has 0 aliphatic rings. The maximum atomic E-state index is 12.0. The van der Waals surface area contributed by atoms with E-state index < -0.39 is 0 Å². The summed E-state index contributed by atoms with van der Waals surface area (Å²) in [4.78, 5) is 27.1. The fraction of sp³-hybridized carbons (Fsp3) is 0.143. The predicted molar refractivity (Wildman–Crippen MR) is 108 cm³/mol. The number of aromatic nitrogens is 1. The highest BCUT2D eigenvalue weighted by atomic mass is 16.2. The molecule has 0 aliphatic carbocycles. The number of carbonyl (C=O) groups excluding carboxylic acids is 2. The van der Waals surface area contributed by atoms with E-state index in [2.05, 4.69) is 33.6 Å². The molecule has 0 spiro atoms. The summed E-state index contributed by atoms with van der Waals surface area (Å²) in [6, 6.07) is 14.5. The largest absolute Gasteiger partial charge is 0.361 e. The summed E-state index contributed by atoms with van der Waals surface area (Å²) in [6.45, 7) is 4.50. The molecule has 3 rings (SSSR count). The van der Waals surface area contributed by atoms with Crippen molar-refractivity contribution < 1.29 is 9.59 Å². The van der Waals surface area contributed by atoms with Crippen LogP contribution in [0.2, 0.25) is 0 Å². The minimum Gasteiger partial charge on any atom is -0.361 e. The predicted octanol–water partition coefficient (Wildman–Crippen LogP) is 3.45. The molecule has 138 valence electrons. The number of aromatic amines is 1. The highest BCUT2D eigenvalue weighted by Crippen LogP contribution is 2.17. The second-order valence-corrected chi connectivity index (χ2v) is 6.07. The van der Waals surface area contributed by atoms with Crippen LogP contribution in [-0.2, 0) is 6.42 Å². The van der Waals surface area contributed by atoms with Crippen LogP contribution in [0.5, 0.6) is 0 Å². The van der Waals surface area contributed by atoms with Crippen molar-refractivity contribution in [1.82, 2.24) is 15.6 Å². The molecule has 1 heterocycles.